The van der Waals surface area contributed by atoms with Crippen molar-refractivity contribution < 1.29 is 14.3 Å². The third-order valence-electron chi connectivity index (χ3n) is 4.89. The molecular formula is C22H27ClN2O3S. The zero-order chi connectivity index (χ0) is 21.4. The highest BCUT2D eigenvalue weighted by Gasteiger charge is 2.42. The molecule has 29 heavy (non-hydrogen) atoms. The Morgan fingerprint density at radius 3 is 2.59 bits per heavy atom. The normalized spacial score (nSPS) is 16.8. The lowest BCUT2D eigenvalue weighted by Gasteiger charge is -2.42. The van der Waals surface area contributed by atoms with E-state index < -0.39 is 5.97 Å². The molecule has 0 fully saturated rings. The first-order valence-corrected chi connectivity index (χ1v) is 10.9. The molecule has 1 amide bonds. The summed E-state index contributed by atoms with van der Waals surface area (Å²) in [5.74, 6) is -0.612. The molecule has 2 aromatic rings. The van der Waals surface area contributed by atoms with Crippen LogP contribution >= 0.6 is 22.9 Å². The summed E-state index contributed by atoms with van der Waals surface area (Å²) in [5, 5.41) is 7.66. The average molecular weight is 435 g/mol. The van der Waals surface area contributed by atoms with Crippen molar-refractivity contribution in [2.24, 2.45) is 0 Å². The van der Waals surface area contributed by atoms with Crippen LogP contribution < -0.4 is 10.6 Å². The molecule has 1 aliphatic heterocycles. The Labute approximate surface area is 180 Å². The SMILES string of the molecule is CCOC(=O)c1c(NC(=O)Cc2ccccc2Cl)sc2c1CC(C)(C)NC2(C)C. The van der Waals surface area contributed by atoms with Gasteiger partial charge >= 0.3 is 5.97 Å². The fourth-order valence-electron chi connectivity index (χ4n) is 4.02. The average Bonchev–Trinajstić information content (AvgIpc) is 2.94. The van der Waals surface area contributed by atoms with Crippen molar-refractivity contribution >= 4 is 39.8 Å². The van der Waals surface area contributed by atoms with Crippen LogP contribution in [0, 0.1) is 0 Å². The minimum Gasteiger partial charge on any atom is -0.462 e. The van der Waals surface area contributed by atoms with Crippen LogP contribution in [0.1, 0.15) is 61.0 Å². The number of anilines is 1. The van der Waals surface area contributed by atoms with Gasteiger partial charge in [-0.3, -0.25) is 4.79 Å². The van der Waals surface area contributed by atoms with Crippen molar-refractivity contribution in [3.63, 3.8) is 0 Å². The van der Waals surface area contributed by atoms with Crippen LogP contribution in [0.15, 0.2) is 24.3 Å². The third kappa shape index (κ3) is 4.65. The van der Waals surface area contributed by atoms with E-state index >= 15 is 0 Å². The van der Waals surface area contributed by atoms with Gasteiger partial charge in [0, 0.05) is 21.0 Å². The number of hydrogen-bond acceptors (Lipinski definition) is 5. The molecule has 0 unspecified atom stereocenters. The second-order valence-corrected chi connectivity index (χ2v) is 9.89. The number of esters is 1. The van der Waals surface area contributed by atoms with E-state index in [1.54, 1.807) is 13.0 Å². The van der Waals surface area contributed by atoms with Gasteiger partial charge in [-0.25, -0.2) is 4.79 Å². The van der Waals surface area contributed by atoms with Crippen molar-refractivity contribution in [3.05, 3.63) is 50.9 Å². The summed E-state index contributed by atoms with van der Waals surface area (Å²) in [5.41, 5.74) is 1.66. The first-order valence-electron chi connectivity index (χ1n) is 9.70. The van der Waals surface area contributed by atoms with Gasteiger partial charge < -0.3 is 15.4 Å². The van der Waals surface area contributed by atoms with Gasteiger partial charge in [0.25, 0.3) is 0 Å². The number of thiophene rings is 1. The molecule has 156 valence electrons. The fraction of sp³-hybridized carbons (Fsp3) is 0.455. The second kappa shape index (κ2) is 8.09. The Hall–Kier alpha value is -1.89. The van der Waals surface area contributed by atoms with E-state index in [4.69, 9.17) is 16.3 Å². The van der Waals surface area contributed by atoms with Crippen molar-refractivity contribution in [1.29, 1.82) is 0 Å². The molecule has 2 N–H and O–H groups in total. The first kappa shape index (κ1) is 21.8. The van der Waals surface area contributed by atoms with E-state index in [0.717, 1.165) is 16.0 Å². The van der Waals surface area contributed by atoms with E-state index in [1.165, 1.54) is 11.3 Å². The van der Waals surface area contributed by atoms with Crippen LogP contribution in [0.3, 0.4) is 0 Å². The minimum absolute atomic E-state index is 0.137. The number of ether oxygens (including phenoxy) is 1. The van der Waals surface area contributed by atoms with Crippen LogP contribution in [-0.4, -0.2) is 24.0 Å². The Morgan fingerprint density at radius 2 is 1.93 bits per heavy atom. The van der Waals surface area contributed by atoms with Gasteiger partial charge in [-0.1, -0.05) is 29.8 Å². The summed E-state index contributed by atoms with van der Waals surface area (Å²) >= 11 is 7.62. The van der Waals surface area contributed by atoms with Crippen molar-refractivity contribution in [3.8, 4) is 0 Å². The highest BCUT2D eigenvalue weighted by molar-refractivity contribution is 7.17. The lowest BCUT2D eigenvalue weighted by molar-refractivity contribution is -0.115. The molecule has 1 aliphatic rings. The Morgan fingerprint density at radius 1 is 1.24 bits per heavy atom. The molecule has 1 aromatic heterocycles. The summed E-state index contributed by atoms with van der Waals surface area (Å²) in [6, 6.07) is 7.25. The molecule has 0 radical (unpaired) electrons. The molecule has 5 nitrogen and oxygen atoms in total. The Kier molecular flexibility index (Phi) is 6.08. The van der Waals surface area contributed by atoms with Gasteiger partial charge in [0.2, 0.25) is 5.91 Å². The van der Waals surface area contributed by atoms with Gasteiger partial charge in [-0.05, 0) is 58.2 Å². The largest absolute Gasteiger partial charge is 0.462 e. The Bertz CT molecular complexity index is 950. The lowest BCUT2D eigenvalue weighted by atomic mass is 9.81. The molecule has 3 rings (SSSR count). The molecular weight excluding hydrogens is 408 g/mol. The van der Waals surface area contributed by atoms with Crippen LogP contribution in [0.4, 0.5) is 5.00 Å². The minimum atomic E-state index is -0.397. The van der Waals surface area contributed by atoms with E-state index in [0.29, 0.717) is 22.0 Å². The first-order chi connectivity index (χ1) is 13.5. The highest BCUT2D eigenvalue weighted by Crippen LogP contribution is 2.45. The Balaban J connectivity index is 1.98. The van der Waals surface area contributed by atoms with Gasteiger partial charge in [-0.2, -0.15) is 0 Å². The van der Waals surface area contributed by atoms with Crippen LogP contribution in [0.5, 0.6) is 0 Å². The lowest BCUT2D eigenvalue weighted by Crippen LogP contribution is -2.55. The number of hydrogen-bond donors (Lipinski definition) is 2. The number of fused-ring (bicyclic) bond motifs is 1. The number of benzene rings is 1. The number of carbonyl (C=O) groups excluding carboxylic acids is 2. The third-order valence-corrected chi connectivity index (χ3v) is 6.73. The smallest absolute Gasteiger partial charge is 0.341 e. The number of rotatable bonds is 5. The molecule has 0 spiro atoms. The predicted octanol–water partition coefficient (Wildman–Crippen LogP) is 4.92. The van der Waals surface area contributed by atoms with Gasteiger partial charge in [0.15, 0.2) is 0 Å². The molecule has 7 heteroatoms. The van der Waals surface area contributed by atoms with E-state index in [1.807, 2.05) is 18.2 Å². The van der Waals surface area contributed by atoms with E-state index in [-0.39, 0.29) is 30.0 Å². The predicted molar refractivity (Wildman–Crippen MR) is 118 cm³/mol. The van der Waals surface area contributed by atoms with E-state index in [2.05, 4.69) is 38.3 Å². The van der Waals surface area contributed by atoms with Gasteiger partial charge in [0.1, 0.15) is 5.00 Å². The van der Waals surface area contributed by atoms with Gasteiger partial charge in [-0.15, -0.1) is 11.3 Å². The van der Waals surface area contributed by atoms with Crippen molar-refractivity contribution in [1.82, 2.24) is 5.32 Å². The maximum absolute atomic E-state index is 12.8. The van der Waals surface area contributed by atoms with E-state index in [9.17, 15) is 9.59 Å². The second-order valence-electron chi connectivity index (χ2n) is 8.46. The molecule has 0 saturated carbocycles. The quantitative estimate of drug-likeness (QED) is 0.655. The van der Waals surface area contributed by atoms with Crippen molar-refractivity contribution in [2.75, 3.05) is 11.9 Å². The number of amides is 1. The fourth-order valence-corrected chi connectivity index (χ4v) is 5.50. The van der Waals surface area contributed by atoms with Crippen LogP contribution in [-0.2, 0) is 27.9 Å². The maximum Gasteiger partial charge on any atom is 0.341 e. The topological polar surface area (TPSA) is 67.4 Å². The maximum atomic E-state index is 12.8. The number of nitrogens with one attached hydrogen (secondary N) is 2. The van der Waals surface area contributed by atoms with Gasteiger partial charge in [0.05, 0.1) is 18.6 Å². The molecule has 2 heterocycles. The monoisotopic (exact) mass is 434 g/mol. The summed E-state index contributed by atoms with van der Waals surface area (Å²) in [7, 11) is 0. The summed E-state index contributed by atoms with van der Waals surface area (Å²) in [4.78, 5) is 26.6. The molecule has 0 bridgehead atoms. The standard InChI is InChI=1S/C22H27ClN2O3S/c1-6-28-20(27)17-14-12-21(2,3)25-22(4,5)18(14)29-19(17)24-16(26)11-13-9-7-8-10-15(13)23/h7-10,25H,6,11-12H2,1-5H3,(H,24,26). The molecule has 0 atom stereocenters. The number of halogens is 1. The zero-order valence-corrected chi connectivity index (χ0v) is 19.0. The molecule has 0 aliphatic carbocycles. The molecule has 0 saturated heterocycles. The molecule has 1 aromatic carbocycles. The van der Waals surface area contributed by atoms with Crippen LogP contribution in [0.2, 0.25) is 5.02 Å². The highest BCUT2D eigenvalue weighted by atomic mass is 35.5. The summed E-state index contributed by atoms with van der Waals surface area (Å²) in [6.45, 7) is 10.5. The van der Waals surface area contributed by atoms with Crippen molar-refractivity contribution in [2.45, 2.75) is 58.5 Å². The zero-order valence-electron chi connectivity index (χ0n) is 17.4. The van der Waals surface area contributed by atoms with Crippen LogP contribution in [0.25, 0.3) is 0 Å². The summed E-state index contributed by atoms with van der Waals surface area (Å²) < 4.78 is 5.32. The summed E-state index contributed by atoms with van der Waals surface area (Å²) in [6.07, 6.45) is 0.814. The number of carbonyl (C=O) groups is 2.